The topological polar surface area (TPSA) is 186 Å². The third-order valence-corrected chi connectivity index (χ3v) is 12.3. The Morgan fingerprint density at radius 1 is 1.00 bits per heavy atom. The zero-order chi connectivity index (χ0) is 39.4. The Balaban J connectivity index is 0.808. The van der Waals surface area contributed by atoms with E-state index in [1.807, 2.05) is 24.1 Å². The molecule has 2 atom stereocenters. The maximum absolute atomic E-state index is 15.5. The molecule has 4 saturated heterocycles. The van der Waals surface area contributed by atoms with Crippen LogP contribution in [0.25, 0.3) is 11.0 Å². The fraction of sp³-hybridized carbons (Fsp3) is 0.475. The highest BCUT2D eigenvalue weighted by molar-refractivity contribution is 6.02. The number of carbonyl (C=O) groups is 4. The van der Waals surface area contributed by atoms with Gasteiger partial charge in [-0.2, -0.15) is 0 Å². The molecule has 0 spiro atoms. The van der Waals surface area contributed by atoms with Gasteiger partial charge in [-0.1, -0.05) is 5.16 Å². The predicted molar refractivity (Wildman–Crippen MR) is 208 cm³/mol. The van der Waals surface area contributed by atoms with Crippen LogP contribution in [0.15, 0.2) is 41.1 Å². The Labute approximate surface area is 328 Å². The van der Waals surface area contributed by atoms with Gasteiger partial charge in [-0.3, -0.25) is 24.6 Å². The molecule has 16 nitrogen and oxygen atoms in total. The number of amides is 5. The smallest absolute Gasteiger partial charge is 0.320 e. The number of benzene rings is 2. The first-order valence-electron chi connectivity index (χ1n) is 19.8. The van der Waals surface area contributed by atoms with Gasteiger partial charge in [0.1, 0.15) is 17.3 Å². The van der Waals surface area contributed by atoms with E-state index in [9.17, 15) is 19.2 Å². The Kier molecular flexibility index (Phi) is 9.62. The standard InChI is InChI=1S/C40H46FN11O5/c1-48-15-16-52(40(48)56)26-3-2-12-51(20-26)32-18-43-35(37(42)54)38(45-32)44-24-4-6-25(7-5-24)50-13-10-23(11-14-50)19-49-21-29-30(22-49)36-28(17-31(29)41)34(47-57-36)27-8-9-33(53)46-39(27)55/h4-7,17-18,23,26-27H,2-3,8-16,19-22H2,1H3,(H2,42,54)(H,44,45)(H,46,53,55)/t26-,27?/m1/s1. The van der Waals surface area contributed by atoms with Crippen LogP contribution in [-0.2, 0) is 22.7 Å². The van der Waals surface area contributed by atoms with Crippen LogP contribution in [-0.4, -0.2) is 112 Å². The lowest BCUT2D eigenvalue weighted by Gasteiger charge is -2.37. The zero-order valence-electron chi connectivity index (χ0n) is 31.9. The van der Waals surface area contributed by atoms with Crippen LogP contribution in [0.2, 0.25) is 0 Å². The number of hydrogen-bond acceptors (Lipinski definition) is 12. The number of urea groups is 1. The molecular formula is C40H46FN11O5. The van der Waals surface area contributed by atoms with Gasteiger partial charge in [-0.25, -0.2) is 19.2 Å². The van der Waals surface area contributed by atoms with Crippen molar-refractivity contribution in [2.75, 3.05) is 68.0 Å². The number of piperidine rings is 3. The summed E-state index contributed by atoms with van der Waals surface area (Å²) in [5.41, 5.74) is 9.90. The number of aromatic nitrogens is 3. The number of rotatable bonds is 9. The van der Waals surface area contributed by atoms with E-state index in [1.54, 1.807) is 11.1 Å². The van der Waals surface area contributed by atoms with E-state index in [-0.39, 0.29) is 41.7 Å². The Bertz CT molecular complexity index is 2240. The van der Waals surface area contributed by atoms with E-state index in [0.29, 0.717) is 66.6 Å². The average molecular weight is 780 g/mol. The molecular weight excluding hydrogens is 734 g/mol. The van der Waals surface area contributed by atoms with Crippen LogP contribution in [0, 0.1) is 11.7 Å². The van der Waals surface area contributed by atoms with Crippen LogP contribution in [0.1, 0.15) is 71.8 Å². The van der Waals surface area contributed by atoms with Crippen LogP contribution in [0.4, 0.5) is 32.2 Å². The predicted octanol–water partition coefficient (Wildman–Crippen LogP) is 3.69. The number of nitrogens with one attached hydrogen (secondary N) is 2. The van der Waals surface area contributed by atoms with Crippen molar-refractivity contribution in [3.63, 3.8) is 0 Å². The number of imide groups is 1. The van der Waals surface area contributed by atoms with Crippen LogP contribution < -0.4 is 26.2 Å². The Hall–Kier alpha value is -5.84. The summed E-state index contributed by atoms with van der Waals surface area (Å²) in [6.07, 6.45) is 5.92. The lowest BCUT2D eigenvalue weighted by molar-refractivity contribution is -0.134. The fourth-order valence-corrected chi connectivity index (χ4v) is 9.19. The maximum atomic E-state index is 15.5. The average Bonchev–Trinajstić information content (AvgIpc) is 3.92. The van der Waals surface area contributed by atoms with Crippen molar-refractivity contribution in [3.8, 4) is 0 Å². The Morgan fingerprint density at radius 3 is 2.53 bits per heavy atom. The molecule has 0 saturated carbocycles. The number of hydrogen-bond donors (Lipinski definition) is 3. The summed E-state index contributed by atoms with van der Waals surface area (Å²) in [6.45, 7) is 6.46. The molecule has 7 heterocycles. The lowest BCUT2D eigenvalue weighted by atomic mass is 9.92. The first-order chi connectivity index (χ1) is 27.6. The minimum atomic E-state index is -0.675. The van der Waals surface area contributed by atoms with E-state index in [1.165, 1.54) is 6.07 Å². The molecule has 5 aliphatic rings. The molecule has 1 unspecified atom stereocenters. The van der Waals surface area contributed by atoms with Gasteiger partial charge in [0.05, 0.1) is 18.2 Å². The van der Waals surface area contributed by atoms with Crippen LogP contribution in [0.5, 0.6) is 0 Å². The monoisotopic (exact) mass is 779 g/mol. The lowest BCUT2D eigenvalue weighted by Crippen LogP contribution is -2.49. The minimum absolute atomic E-state index is 0.0544. The molecule has 4 aromatic rings. The molecule has 57 heavy (non-hydrogen) atoms. The largest absolute Gasteiger partial charge is 0.372 e. The van der Waals surface area contributed by atoms with Crippen molar-refractivity contribution in [1.29, 1.82) is 0 Å². The zero-order valence-corrected chi connectivity index (χ0v) is 31.9. The fourth-order valence-electron chi connectivity index (χ4n) is 9.19. The molecule has 0 bridgehead atoms. The molecule has 0 aliphatic carbocycles. The van der Waals surface area contributed by atoms with Crippen molar-refractivity contribution in [2.45, 2.75) is 63.6 Å². The first kappa shape index (κ1) is 36.8. The number of primary amides is 1. The number of anilines is 4. The second-order valence-electron chi connectivity index (χ2n) is 16.0. The Morgan fingerprint density at radius 2 is 1.79 bits per heavy atom. The third kappa shape index (κ3) is 7.08. The summed E-state index contributed by atoms with van der Waals surface area (Å²) >= 11 is 0. The minimum Gasteiger partial charge on any atom is -0.372 e. The van der Waals surface area contributed by atoms with Gasteiger partial charge in [0.25, 0.3) is 5.91 Å². The highest BCUT2D eigenvalue weighted by Crippen LogP contribution is 2.38. The normalized spacial score (nSPS) is 22.1. The molecule has 2 aromatic heterocycles. The SMILES string of the molecule is CN1CCN([C@@H]2CCCN(c3cnc(C(N)=O)c(Nc4ccc(N5CCC(CN6Cc7c(F)cc8c(C9CCC(=O)NC9=O)noc8c7C6)CC5)cc4)n3)C2)C1=O. The van der Waals surface area contributed by atoms with E-state index >= 15 is 4.39 Å². The molecule has 2 aromatic carbocycles. The van der Waals surface area contributed by atoms with Crippen molar-refractivity contribution < 1.29 is 28.1 Å². The van der Waals surface area contributed by atoms with Crippen LogP contribution in [0.3, 0.4) is 0 Å². The second-order valence-corrected chi connectivity index (χ2v) is 16.0. The quantitative estimate of drug-likeness (QED) is 0.210. The van der Waals surface area contributed by atoms with Gasteiger partial charge in [0, 0.05) is 100 Å². The molecule has 298 valence electrons. The molecule has 5 amide bonds. The highest BCUT2D eigenvalue weighted by Gasteiger charge is 2.37. The van der Waals surface area contributed by atoms with Crippen molar-refractivity contribution in [3.05, 3.63) is 64.9 Å². The molecule has 5 aliphatic heterocycles. The summed E-state index contributed by atoms with van der Waals surface area (Å²) in [5, 5.41) is 10.3. The van der Waals surface area contributed by atoms with Gasteiger partial charge in [0.2, 0.25) is 11.8 Å². The van der Waals surface area contributed by atoms with Crippen molar-refractivity contribution >= 4 is 57.7 Å². The summed E-state index contributed by atoms with van der Waals surface area (Å²) in [5.74, 6) is -1.03. The molecule has 9 rings (SSSR count). The third-order valence-electron chi connectivity index (χ3n) is 12.3. The summed E-state index contributed by atoms with van der Waals surface area (Å²) in [6, 6.07) is 9.58. The van der Waals surface area contributed by atoms with E-state index in [2.05, 4.69) is 47.6 Å². The van der Waals surface area contributed by atoms with Crippen LogP contribution >= 0.6 is 0 Å². The molecule has 4 N–H and O–H groups in total. The highest BCUT2D eigenvalue weighted by atomic mass is 19.1. The molecule has 4 fully saturated rings. The first-order valence-corrected chi connectivity index (χ1v) is 19.8. The van der Waals surface area contributed by atoms with Gasteiger partial charge in [-0.05, 0) is 68.4 Å². The van der Waals surface area contributed by atoms with E-state index in [4.69, 9.17) is 15.2 Å². The van der Waals surface area contributed by atoms with E-state index in [0.717, 1.165) is 75.3 Å². The number of halogens is 1. The number of carbonyl (C=O) groups excluding carboxylic acids is 4. The number of likely N-dealkylation sites (N-methyl/N-ethyl adjacent to an activating group) is 1. The summed E-state index contributed by atoms with van der Waals surface area (Å²) in [4.78, 5) is 68.8. The van der Waals surface area contributed by atoms with Crippen molar-refractivity contribution in [1.82, 2.24) is 35.1 Å². The number of nitrogens with two attached hydrogens (primary N) is 1. The molecule has 17 heteroatoms. The van der Waals surface area contributed by atoms with Crippen molar-refractivity contribution in [2.24, 2.45) is 11.7 Å². The maximum Gasteiger partial charge on any atom is 0.320 e. The van der Waals surface area contributed by atoms with E-state index < -0.39 is 17.7 Å². The number of nitrogens with zero attached hydrogens (tertiary/aromatic N) is 8. The van der Waals surface area contributed by atoms with Gasteiger partial charge in [0.15, 0.2) is 17.1 Å². The van der Waals surface area contributed by atoms with Gasteiger partial charge >= 0.3 is 6.03 Å². The second kappa shape index (κ2) is 14.9. The van der Waals surface area contributed by atoms with Gasteiger partial charge < -0.3 is 35.2 Å². The summed E-state index contributed by atoms with van der Waals surface area (Å²) in [7, 11) is 1.83. The molecule has 0 radical (unpaired) electrons. The number of fused-ring (bicyclic) bond motifs is 3. The summed E-state index contributed by atoms with van der Waals surface area (Å²) < 4.78 is 21.2. The van der Waals surface area contributed by atoms with Gasteiger partial charge in [-0.15, -0.1) is 0 Å².